The minimum absolute atomic E-state index is 0.0176. The lowest BCUT2D eigenvalue weighted by Gasteiger charge is -2.30. The Kier molecular flexibility index (Phi) is 15.9. The smallest absolute Gasteiger partial charge is 0.322 e. The third kappa shape index (κ3) is 12.0. The lowest BCUT2D eigenvalue weighted by atomic mass is 10.0. The highest BCUT2D eigenvalue weighted by atomic mass is 32.2. The molecular formula is C30H41NO10S. The Morgan fingerprint density at radius 2 is 1.33 bits per heavy atom. The second-order valence-corrected chi connectivity index (χ2v) is 11.2. The molecule has 0 spiro atoms. The molecule has 0 fully saturated rings. The average Bonchev–Trinajstić information content (AvgIpc) is 2.97. The number of nitrogens with zero attached hydrogens (tertiary/aromatic N) is 1. The lowest BCUT2D eigenvalue weighted by Crippen LogP contribution is -2.47. The van der Waals surface area contributed by atoms with Gasteiger partial charge in [-0.25, -0.2) is 8.42 Å². The summed E-state index contributed by atoms with van der Waals surface area (Å²) in [6.45, 7) is 6.82. The summed E-state index contributed by atoms with van der Waals surface area (Å²) in [5.41, 5.74) is 0.615. The number of ether oxygens (including phenoxy) is 6. The van der Waals surface area contributed by atoms with Crippen molar-refractivity contribution >= 4 is 16.0 Å². The van der Waals surface area contributed by atoms with Crippen LogP contribution in [0.4, 0.5) is 0 Å². The maximum absolute atomic E-state index is 13.6. The van der Waals surface area contributed by atoms with Gasteiger partial charge in [0.05, 0.1) is 58.3 Å². The van der Waals surface area contributed by atoms with Crippen LogP contribution in [-0.2, 0) is 40.3 Å². The van der Waals surface area contributed by atoms with E-state index >= 15 is 0 Å². The second-order valence-electron chi connectivity index (χ2n) is 9.34. The van der Waals surface area contributed by atoms with Gasteiger partial charge in [0.15, 0.2) is 0 Å². The molecule has 0 heterocycles. The van der Waals surface area contributed by atoms with E-state index in [0.717, 1.165) is 4.31 Å². The van der Waals surface area contributed by atoms with Crippen molar-refractivity contribution in [1.29, 1.82) is 0 Å². The first-order chi connectivity index (χ1) is 20.2. The molecule has 0 aliphatic carbocycles. The van der Waals surface area contributed by atoms with Gasteiger partial charge in [-0.1, -0.05) is 31.9 Å². The Hall–Kier alpha value is -3.18. The number of benzene rings is 2. The number of sulfonamides is 1. The summed E-state index contributed by atoms with van der Waals surface area (Å²) < 4.78 is 60.3. The van der Waals surface area contributed by atoms with Gasteiger partial charge in [-0.05, 0) is 47.9 Å². The summed E-state index contributed by atoms with van der Waals surface area (Å²) >= 11 is 0. The van der Waals surface area contributed by atoms with Crippen molar-refractivity contribution in [2.75, 3.05) is 66.6 Å². The highest BCUT2D eigenvalue weighted by Crippen LogP contribution is 2.27. The van der Waals surface area contributed by atoms with Gasteiger partial charge in [0.1, 0.15) is 30.8 Å². The number of methoxy groups -OCH3 is 1. The molecule has 11 nitrogen and oxygen atoms in total. The van der Waals surface area contributed by atoms with E-state index in [-0.39, 0.29) is 18.0 Å². The van der Waals surface area contributed by atoms with Gasteiger partial charge in [0, 0.05) is 6.54 Å². The van der Waals surface area contributed by atoms with E-state index in [9.17, 15) is 18.3 Å². The molecule has 0 radical (unpaired) electrons. The van der Waals surface area contributed by atoms with E-state index in [0.29, 0.717) is 69.9 Å². The first-order valence-corrected chi connectivity index (χ1v) is 15.0. The van der Waals surface area contributed by atoms with Gasteiger partial charge in [0.2, 0.25) is 10.0 Å². The molecule has 0 unspecified atom stereocenters. The molecule has 0 saturated carbocycles. The summed E-state index contributed by atoms with van der Waals surface area (Å²) in [7, 11) is -2.66. The van der Waals surface area contributed by atoms with Crippen LogP contribution < -0.4 is 9.47 Å². The Morgan fingerprint density at radius 3 is 1.81 bits per heavy atom. The number of carboxylic acids is 1. The number of carboxylic acid groups (broad SMARTS) is 1. The molecule has 2 aromatic carbocycles. The molecular weight excluding hydrogens is 566 g/mol. The van der Waals surface area contributed by atoms with E-state index in [1.807, 2.05) is 0 Å². The third-order valence-corrected chi connectivity index (χ3v) is 7.76. The molecule has 0 amide bonds. The van der Waals surface area contributed by atoms with Gasteiger partial charge in [-0.2, -0.15) is 4.31 Å². The molecule has 0 aromatic heterocycles. The first-order valence-electron chi connectivity index (χ1n) is 13.6. The van der Waals surface area contributed by atoms with Gasteiger partial charge < -0.3 is 33.5 Å². The molecule has 1 N–H and O–H groups in total. The van der Waals surface area contributed by atoms with Crippen LogP contribution in [0.5, 0.6) is 11.5 Å². The predicted octanol–water partition coefficient (Wildman–Crippen LogP) is 3.07. The van der Waals surface area contributed by atoms with Crippen LogP contribution in [0, 0.1) is 18.3 Å². The van der Waals surface area contributed by atoms with Crippen LogP contribution in [0.2, 0.25) is 0 Å². The van der Waals surface area contributed by atoms with Crippen LogP contribution in [-0.4, -0.2) is 96.4 Å². The van der Waals surface area contributed by atoms with E-state index in [1.54, 1.807) is 38.1 Å². The Bertz CT molecular complexity index is 1190. The maximum Gasteiger partial charge on any atom is 0.322 e. The minimum Gasteiger partial charge on any atom is -0.497 e. The van der Waals surface area contributed by atoms with E-state index in [1.165, 1.54) is 31.4 Å². The number of terminal acetylenes is 1. The predicted molar refractivity (Wildman–Crippen MR) is 156 cm³/mol. The molecule has 0 saturated heterocycles. The number of hydrogen-bond donors (Lipinski definition) is 1. The first kappa shape index (κ1) is 35.0. The van der Waals surface area contributed by atoms with Crippen LogP contribution in [0.25, 0.3) is 0 Å². The molecule has 1 atom stereocenters. The van der Waals surface area contributed by atoms with Crippen LogP contribution in [0.1, 0.15) is 19.4 Å². The number of carbonyl (C=O) groups is 1. The molecule has 232 valence electrons. The highest BCUT2D eigenvalue weighted by molar-refractivity contribution is 7.89. The molecule has 42 heavy (non-hydrogen) atoms. The zero-order chi connectivity index (χ0) is 30.8. The fourth-order valence-corrected chi connectivity index (χ4v) is 5.54. The van der Waals surface area contributed by atoms with Crippen molar-refractivity contribution in [2.45, 2.75) is 31.3 Å². The van der Waals surface area contributed by atoms with Crippen molar-refractivity contribution < 1.29 is 46.7 Å². The van der Waals surface area contributed by atoms with Crippen LogP contribution in [0.3, 0.4) is 0 Å². The van der Waals surface area contributed by atoms with Gasteiger partial charge in [0.25, 0.3) is 0 Å². The second kappa shape index (κ2) is 19.1. The van der Waals surface area contributed by atoms with E-state index in [2.05, 4.69) is 5.92 Å². The standard InChI is InChI=1S/C30H41NO10S/c1-5-14-37-15-16-38-17-18-39-19-20-40-21-22-41-27-8-6-25(7-9-27)23-31(29(24(2)3)30(32)33)42(34,35)28-12-10-26(36-4)11-13-28/h1,6-13,24,29H,14-23H2,2-4H3,(H,32,33)/t29-/m1/s1. The Balaban J connectivity index is 1.83. The number of hydrogen-bond acceptors (Lipinski definition) is 9. The highest BCUT2D eigenvalue weighted by Gasteiger charge is 2.38. The topological polar surface area (TPSA) is 130 Å². The van der Waals surface area contributed by atoms with Crippen LogP contribution >= 0.6 is 0 Å². The molecule has 2 rings (SSSR count). The van der Waals surface area contributed by atoms with Gasteiger partial charge in [-0.3, -0.25) is 4.79 Å². The van der Waals surface area contributed by atoms with Crippen molar-refractivity contribution in [3.63, 3.8) is 0 Å². The Morgan fingerprint density at radius 1 is 0.833 bits per heavy atom. The van der Waals surface area contributed by atoms with E-state index < -0.39 is 28.0 Å². The quantitative estimate of drug-likeness (QED) is 0.157. The summed E-state index contributed by atoms with van der Waals surface area (Å²) in [5.74, 6) is 1.76. The van der Waals surface area contributed by atoms with Crippen LogP contribution in [0.15, 0.2) is 53.4 Å². The molecule has 12 heteroatoms. The van der Waals surface area contributed by atoms with E-state index in [4.69, 9.17) is 34.8 Å². The fourth-order valence-electron chi connectivity index (χ4n) is 3.84. The zero-order valence-electron chi connectivity index (χ0n) is 24.4. The van der Waals surface area contributed by atoms with Crippen molar-refractivity contribution in [2.24, 2.45) is 5.92 Å². The number of aliphatic carboxylic acids is 1. The number of rotatable bonds is 22. The van der Waals surface area contributed by atoms with Crippen molar-refractivity contribution in [1.82, 2.24) is 4.31 Å². The summed E-state index contributed by atoms with van der Waals surface area (Å²) in [4.78, 5) is 12.1. The molecule has 2 aromatic rings. The molecule has 0 aliphatic heterocycles. The monoisotopic (exact) mass is 607 g/mol. The maximum atomic E-state index is 13.6. The Labute approximate surface area is 248 Å². The lowest BCUT2D eigenvalue weighted by molar-refractivity contribution is -0.143. The molecule has 0 bridgehead atoms. The average molecular weight is 608 g/mol. The summed E-state index contributed by atoms with van der Waals surface area (Å²) in [5, 5.41) is 9.90. The normalized spacial score (nSPS) is 12.3. The largest absolute Gasteiger partial charge is 0.497 e. The minimum atomic E-state index is -4.14. The van der Waals surface area contributed by atoms with Crippen molar-refractivity contribution in [3.05, 3.63) is 54.1 Å². The van der Waals surface area contributed by atoms with Gasteiger partial charge in [-0.15, -0.1) is 6.42 Å². The third-order valence-electron chi connectivity index (χ3n) is 5.92. The summed E-state index contributed by atoms with van der Waals surface area (Å²) in [6, 6.07) is 11.4. The van der Waals surface area contributed by atoms with Gasteiger partial charge >= 0.3 is 5.97 Å². The SMILES string of the molecule is C#CCOCCOCCOCCOCCOc1ccc(CN([C@@H](C(=O)O)C(C)C)S(=O)(=O)c2ccc(OC)cc2)cc1. The fraction of sp³-hybridized carbons (Fsp3) is 0.500. The van der Waals surface area contributed by atoms with Crippen molar-refractivity contribution in [3.8, 4) is 23.8 Å². The summed E-state index contributed by atoms with van der Waals surface area (Å²) in [6.07, 6.45) is 5.08. The molecule has 0 aliphatic rings. The zero-order valence-corrected chi connectivity index (χ0v) is 25.2.